The van der Waals surface area contributed by atoms with Gasteiger partial charge < -0.3 is 10.1 Å². The van der Waals surface area contributed by atoms with E-state index in [1.807, 2.05) is 31.2 Å². The molecule has 0 spiro atoms. The van der Waals surface area contributed by atoms with Gasteiger partial charge in [-0.2, -0.15) is 0 Å². The second-order valence-electron chi connectivity index (χ2n) is 5.80. The van der Waals surface area contributed by atoms with Crippen molar-refractivity contribution in [2.24, 2.45) is 0 Å². The number of ether oxygens (including phenoxy) is 1. The molecule has 0 radical (unpaired) electrons. The number of carbonyl (C=O) groups excluding carboxylic acids is 1. The van der Waals surface area contributed by atoms with E-state index in [4.69, 9.17) is 4.74 Å². The summed E-state index contributed by atoms with van der Waals surface area (Å²) in [7, 11) is -3.01. The van der Waals surface area contributed by atoms with Crippen LogP contribution in [0.25, 0.3) is 0 Å². The highest BCUT2D eigenvalue weighted by molar-refractivity contribution is 7.91. The first kappa shape index (κ1) is 16.9. The first-order valence-electron chi connectivity index (χ1n) is 7.56. The number of hydrogen-bond acceptors (Lipinski definition) is 6. The summed E-state index contributed by atoms with van der Waals surface area (Å²) in [6, 6.07) is 7.38. The van der Waals surface area contributed by atoms with Crippen LogP contribution in [0.5, 0.6) is 5.75 Å². The predicted molar refractivity (Wildman–Crippen MR) is 92.2 cm³/mol. The number of aryl methyl sites for hydroxylation is 1. The van der Waals surface area contributed by atoms with E-state index in [0.717, 1.165) is 11.3 Å². The Morgan fingerprint density at radius 2 is 2.12 bits per heavy atom. The number of amides is 1. The normalized spacial score (nSPS) is 19.1. The first-order valence-corrected chi connectivity index (χ1v) is 10.3. The van der Waals surface area contributed by atoms with Gasteiger partial charge in [0, 0.05) is 11.4 Å². The van der Waals surface area contributed by atoms with E-state index in [9.17, 15) is 13.2 Å². The summed E-state index contributed by atoms with van der Waals surface area (Å²) < 4.78 is 28.5. The largest absolute Gasteiger partial charge is 0.486 e. The molecule has 1 aromatic heterocycles. The number of nitrogens with zero attached hydrogens (tertiary/aromatic N) is 1. The number of sulfone groups is 1. The van der Waals surface area contributed by atoms with Gasteiger partial charge in [-0.15, -0.1) is 11.3 Å². The van der Waals surface area contributed by atoms with Crippen LogP contribution in [0.1, 0.15) is 27.5 Å². The minimum atomic E-state index is -3.01. The first-order chi connectivity index (χ1) is 11.4. The van der Waals surface area contributed by atoms with Gasteiger partial charge in [-0.3, -0.25) is 4.79 Å². The fraction of sp³-hybridized carbons (Fsp3) is 0.375. The quantitative estimate of drug-likeness (QED) is 0.874. The molecule has 1 atom stereocenters. The van der Waals surface area contributed by atoms with Gasteiger partial charge >= 0.3 is 0 Å². The summed E-state index contributed by atoms with van der Waals surface area (Å²) in [6.45, 7) is 2.30. The maximum Gasteiger partial charge on any atom is 0.271 e. The van der Waals surface area contributed by atoms with Gasteiger partial charge in [0.1, 0.15) is 23.1 Å². The van der Waals surface area contributed by atoms with Crippen LogP contribution in [0.15, 0.2) is 29.6 Å². The number of thiazole rings is 1. The van der Waals surface area contributed by atoms with E-state index in [1.54, 1.807) is 5.38 Å². The lowest BCUT2D eigenvalue weighted by molar-refractivity contribution is 0.0936. The maximum absolute atomic E-state index is 12.1. The molecular formula is C16H18N2O4S2. The molecule has 6 nitrogen and oxygen atoms in total. The predicted octanol–water partition coefficient (Wildman–Crippen LogP) is 1.95. The van der Waals surface area contributed by atoms with Crippen LogP contribution in [0.2, 0.25) is 0 Å². The number of benzene rings is 1. The van der Waals surface area contributed by atoms with E-state index >= 15 is 0 Å². The summed E-state index contributed by atoms with van der Waals surface area (Å²) >= 11 is 1.34. The van der Waals surface area contributed by atoms with Crippen molar-refractivity contribution in [1.82, 2.24) is 10.3 Å². The fourth-order valence-corrected chi connectivity index (χ4v) is 4.79. The van der Waals surface area contributed by atoms with Gasteiger partial charge in [-0.05, 0) is 25.5 Å². The minimum absolute atomic E-state index is 0.00622. The number of carbonyl (C=O) groups is 1. The molecule has 0 aliphatic carbocycles. The summed E-state index contributed by atoms with van der Waals surface area (Å²) in [4.78, 5) is 16.4. The number of nitrogens with one attached hydrogen (secondary N) is 1. The molecule has 1 aliphatic rings. The van der Waals surface area contributed by atoms with Gasteiger partial charge in [0.25, 0.3) is 5.91 Å². The van der Waals surface area contributed by atoms with Gasteiger partial charge in [-0.1, -0.05) is 17.7 Å². The molecule has 8 heteroatoms. The van der Waals surface area contributed by atoms with Gasteiger partial charge in [0.05, 0.1) is 11.5 Å². The summed E-state index contributed by atoms with van der Waals surface area (Å²) in [5.41, 5.74) is 1.45. The number of hydrogen-bond donors (Lipinski definition) is 1. The van der Waals surface area contributed by atoms with Crippen molar-refractivity contribution in [3.63, 3.8) is 0 Å². The molecule has 0 unspecified atom stereocenters. The molecule has 2 aromatic rings. The van der Waals surface area contributed by atoms with Crippen molar-refractivity contribution in [3.05, 3.63) is 45.9 Å². The lowest BCUT2D eigenvalue weighted by Gasteiger charge is -2.08. The monoisotopic (exact) mass is 366 g/mol. The molecule has 1 aliphatic heterocycles. The summed E-state index contributed by atoms with van der Waals surface area (Å²) in [6.07, 6.45) is 0.460. The van der Waals surface area contributed by atoms with Gasteiger partial charge in [0.2, 0.25) is 0 Å². The van der Waals surface area contributed by atoms with Crippen molar-refractivity contribution in [1.29, 1.82) is 0 Å². The summed E-state index contributed by atoms with van der Waals surface area (Å²) in [5.74, 6) is 0.546. The van der Waals surface area contributed by atoms with Crippen LogP contribution in [-0.4, -0.2) is 36.9 Å². The Morgan fingerprint density at radius 1 is 1.38 bits per heavy atom. The van der Waals surface area contributed by atoms with Crippen molar-refractivity contribution in [3.8, 4) is 5.75 Å². The molecule has 24 heavy (non-hydrogen) atoms. The highest BCUT2D eigenvalue weighted by Crippen LogP contribution is 2.17. The van der Waals surface area contributed by atoms with Crippen LogP contribution in [0.4, 0.5) is 0 Å². The third-order valence-electron chi connectivity index (χ3n) is 3.74. The van der Waals surface area contributed by atoms with E-state index < -0.39 is 9.84 Å². The zero-order chi connectivity index (χ0) is 17.2. The van der Waals surface area contributed by atoms with Crippen LogP contribution in [0.3, 0.4) is 0 Å². The Kier molecular flexibility index (Phi) is 4.86. The number of rotatable bonds is 5. The molecule has 1 aromatic carbocycles. The van der Waals surface area contributed by atoms with Crippen LogP contribution in [0, 0.1) is 6.92 Å². The Hall–Kier alpha value is -1.93. The Balaban J connectivity index is 1.55. The molecule has 1 N–H and O–H groups in total. The highest BCUT2D eigenvalue weighted by atomic mass is 32.2. The third kappa shape index (κ3) is 4.33. The zero-order valence-corrected chi connectivity index (χ0v) is 14.8. The molecule has 1 fully saturated rings. The van der Waals surface area contributed by atoms with Crippen molar-refractivity contribution < 1.29 is 17.9 Å². The fourth-order valence-electron chi connectivity index (χ4n) is 2.43. The van der Waals surface area contributed by atoms with E-state index in [0.29, 0.717) is 23.7 Å². The van der Waals surface area contributed by atoms with E-state index in [2.05, 4.69) is 10.3 Å². The minimum Gasteiger partial charge on any atom is -0.486 e. The molecule has 1 amide bonds. The van der Waals surface area contributed by atoms with Crippen molar-refractivity contribution in [2.75, 3.05) is 11.5 Å². The second kappa shape index (κ2) is 6.90. The lowest BCUT2D eigenvalue weighted by Crippen LogP contribution is -2.35. The third-order valence-corrected chi connectivity index (χ3v) is 6.33. The van der Waals surface area contributed by atoms with Gasteiger partial charge in [-0.25, -0.2) is 13.4 Å². The molecular weight excluding hydrogens is 348 g/mol. The highest BCUT2D eigenvalue weighted by Gasteiger charge is 2.29. The average molecular weight is 366 g/mol. The van der Waals surface area contributed by atoms with Gasteiger partial charge in [0.15, 0.2) is 9.84 Å². The molecule has 0 bridgehead atoms. The lowest BCUT2D eigenvalue weighted by atomic mass is 10.2. The molecule has 128 valence electrons. The van der Waals surface area contributed by atoms with E-state index in [1.165, 1.54) is 11.3 Å². The Bertz CT molecular complexity index is 828. The standard InChI is InChI=1S/C16H18N2O4S2/c1-11-2-4-13(5-3-11)22-8-15-18-14(9-23-15)16(19)17-12-6-7-24(20,21)10-12/h2-5,9,12H,6-8,10H2,1H3,(H,17,19)/t12-/m0/s1. The smallest absolute Gasteiger partial charge is 0.271 e. The average Bonchev–Trinajstić information content (AvgIpc) is 3.13. The van der Waals surface area contributed by atoms with Crippen LogP contribution >= 0.6 is 11.3 Å². The molecule has 3 rings (SSSR count). The van der Waals surface area contributed by atoms with Crippen LogP contribution < -0.4 is 10.1 Å². The Morgan fingerprint density at radius 3 is 2.79 bits per heavy atom. The van der Waals surface area contributed by atoms with Crippen molar-refractivity contribution in [2.45, 2.75) is 26.0 Å². The van der Waals surface area contributed by atoms with E-state index in [-0.39, 0.29) is 23.5 Å². The van der Waals surface area contributed by atoms with Crippen LogP contribution in [-0.2, 0) is 16.4 Å². The van der Waals surface area contributed by atoms with Crippen molar-refractivity contribution >= 4 is 27.1 Å². The molecule has 0 saturated carbocycles. The topological polar surface area (TPSA) is 85.4 Å². The number of aromatic nitrogens is 1. The maximum atomic E-state index is 12.1. The molecule has 2 heterocycles. The summed E-state index contributed by atoms with van der Waals surface area (Å²) in [5, 5.41) is 5.08. The SMILES string of the molecule is Cc1ccc(OCc2nc(C(=O)N[C@H]3CCS(=O)(=O)C3)cs2)cc1. The zero-order valence-electron chi connectivity index (χ0n) is 13.2. The Labute approximate surface area is 144 Å². The second-order valence-corrected chi connectivity index (χ2v) is 8.97. The molecule has 1 saturated heterocycles.